The second kappa shape index (κ2) is 7.62. The Morgan fingerprint density at radius 2 is 2.00 bits per heavy atom. The molecular weight excluding hydrogens is 254 g/mol. The lowest BCUT2D eigenvalue weighted by Gasteiger charge is -2.27. The predicted molar refractivity (Wildman–Crippen MR) is 81.4 cm³/mol. The van der Waals surface area contributed by atoms with Crippen LogP contribution in [-0.2, 0) is 4.74 Å². The van der Waals surface area contributed by atoms with Gasteiger partial charge in [-0.05, 0) is 44.9 Å². The number of aryl methyl sites for hydroxylation is 2. The molecule has 0 amide bonds. The van der Waals surface area contributed by atoms with Crippen molar-refractivity contribution in [1.29, 1.82) is 0 Å². The van der Waals surface area contributed by atoms with Gasteiger partial charge in [-0.25, -0.2) is 0 Å². The molecule has 0 aliphatic heterocycles. The van der Waals surface area contributed by atoms with E-state index in [1.54, 1.807) is 7.11 Å². The van der Waals surface area contributed by atoms with Crippen LogP contribution in [0.4, 0.5) is 0 Å². The fourth-order valence-electron chi connectivity index (χ4n) is 1.91. The van der Waals surface area contributed by atoms with Gasteiger partial charge in [-0.15, -0.1) is 0 Å². The molecular formula is C16H27NO3. The Morgan fingerprint density at radius 3 is 2.65 bits per heavy atom. The second-order valence-corrected chi connectivity index (χ2v) is 5.93. The molecule has 0 spiro atoms. The van der Waals surface area contributed by atoms with Gasteiger partial charge in [0.1, 0.15) is 18.5 Å². The molecule has 0 bridgehead atoms. The Balaban J connectivity index is 2.40. The minimum absolute atomic E-state index is 0.158. The van der Waals surface area contributed by atoms with E-state index in [1.165, 1.54) is 0 Å². The van der Waals surface area contributed by atoms with E-state index in [0.717, 1.165) is 16.9 Å². The van der Waals surface area contributed by atoms with Crippen molar-refractivity contribution >= 4 is 0 Å². The zero-order valence-corrected chi connectivity index (χ0v) is 13.2. The molecule has 2 N–H and O–H groups in total. The van der Waals surface area contributed by atoms with Crippen molar-refractivity contribution in [1.82, 2.24) is 5.32 Å². The quantitative estimate of drug-likeness (QED) is 0.766. The van der Waals surface area contributed by atoms with Gasteiger partial charge < -0.3 is 19.9 Å². The van der Waals surface area contributed by atoms with Crippen molar-refractivity contribution in [3.05, 3.63) is 29.3 Å². The van der Waals surface area contributed by atoms with Gasteiger partial charge in [-0.1, -0.05) is 12.1 Å². The summed E-state index contributed by atoms with van der Waals surface area (Å²) in [6.45, 7) is 9.45. The smallest absolute Gasteiger partial charge is 0.122 e. The van der Waals surface area contributed by atoms with Crippen LogP contribution in [-0.4, -0.2) is 43.6 Å². The normalized spacial score (nSPS) is 13.3. The number of aliphatic hydroxyl groups excluding tert-OH is 1. The largest absolute Gasteiger partial charge is 0.491 e. The maximum absolute atomic E-state index is 9.97. The Morgan fingerprint density at radius 1 is 1.30 bits per heavy atom. The number of methoxy groups -OCH3 is 1. The molecule has 0 radical (unpaired) electrons. The van der Waals surface area contributed by atoms with E-state index in [-0.39, 0.29) is 12.1 Å². The Labute approximate surface area is 122 Å². The number of hydrogen-bond donors (Lipinski definition) is 2. The Bertz CT molecular complexity index is 418. The highest BCUT2D eigenvalue weighted by Gasteiger charge is 2.18. The highest BCUT2D eigenvalue weighted by Crippen LogP contribution is 2.19. The van der Waals surface area contributed by atoms with Crippen molar-refractivity contribution in [2.45, 2.75) is 39.3 Å². The summed E-state index contributed by atoms with van der Waals surface area (Å²) < 4.78 is 10.8. The molecule has 4 nitrogen and oxygen atoms in total. The van der Waals surface area contributed by atoms with E-state index in [4.69, 9.17) is 9.47 Å². The van der Waals surface area contributed by atoms with Crippen molar-refractivity contribution in [3.63, 3.8) is 0 Å². The third-order valence-electron chi connectivity index (χ3n) is 3.10. The van der Waals surface area contributed by atoms with E-state index in [9.17, 15) is 5.11 Å². The van der Waals surface area contributed by atoms with Crippen LogP contribution in [0.2, 0.25) is 0 Å². The fraction of sp³-hybridized carbons (Fsp3) is 0.625. The minimum atomic E-state index is -0.550. The number of nitrogens with one attached hydrogen (secondary N) is 1. The Hall–Kier alpha value is -1.10. The van der Waals surface area contributed by atoms with Gasteiger partial charge >= 0.3 is 0 Å². The Kier molecular flexibility index (Phi) is 6.46. The van der Waals surface area contributed by atoms with Gasteiger partial charge in [0.05, 0.1) is 6.61 Å². The first-order valence-electron chi connectivity index (χ1n) is 6.96. The lowest BCUT2D eigenvalue weighted by Crippen LogP contribution is -2.47. The highest BCUT2D eigenvalue weighted by molar-refractivity contribution is 5.35. The first-order chi connectivity index (χ1) is 9.34. The van der Waals surface area contributed by atoms with Gasteiger partial charge in [0, 0.05) is 19.2 Å². The summed E-state index contributed by atoms with van der Waals surface area (Å²) in [5.41, 5.74) is 2.07. The number of benzene rings is 1. The van der Waals surface area contributed by atoms with Crippen LogP contribution >= 0.6 is 0 Å². The molecule has 1 aromatic carbocycles. The molecule has 20 heavy (non-hydrogen) atoms. The number of aliphatic hydroxyl groups is 1. The van der Waals surface area contributed by atoms with Gasteiger partial charge in [0.15, 0.2) is 0 Å². The average Bonchev–Trinajstić information content (AvgIpc) is 2.37. The second-order valence-electron chi connectivity index (χ2n) is 5.93. The molecule has 1 rings (SSSR count). The molecule has 4 heteroatoms. The molecule has 1 atom stereocenters. The first kappa shape index (κ1) is 17.0. The van der Waals surface area contributed by atoms with Crippen molar-refractivity contribution < 1.29 is 14.6 Å². The topological polar surface area (TPSA) is 50.7 Å². The summed E-state index contributed by atoms with van der Waals surface area (Å²) in [5.74, 6) is 0.834. The van der Waals surface area contributed by atoms with Gasteiger partial charge in [-0.2, -0.15) is 0 Å². The number of ether oxygens (including phenoxy) is 2. The van der Waals surface area contributed by atoms with E-state index >= 15 is 0 Å². The van der Waals surface area contributed by atoms with Gasteiger partial charge in [0.2, 0.25) is 0 Å². The van der Waals surface area contributed by atoms with E-state index in [1.807, 2.05) is 45.9 Å². The molecule has 0 aliphatic carbocycles. The maximum Gasteiger partial charge on any atom is 0.122 e. The van der Waals surface area contributed by atoms with Crippen LogP contribution in [0.15, 0.2) is 18.2 Å². The SMILES string of the molecule is COCC(C)(C)NCC(O)COc1cc(C)ccc1C. The van der Waals surface area contributed by atoms with Gasteiger partial charge in [-0.3, -0.25) is 0 Å². The molecule has 0 saturated heterocycles. The lowest BCUT2D eigenvalue weighted by atomic mass is 10.1. The molecule has 0 aromatic heterocycles. The van der Waals surface area contributed by atoms with Crippen LogP contribution in [0.25, 0.3) is 0 Å². The van der Waals surface area contributed by atoms with Crippen LogP contribution < -0.4 is 10.1 Å². The lowest BCUT2D eigenvalue weighted by molar-refractivity contribution is 0.0811. The van der Waals surface area contributed by atoms with E-state index < -0.39 is 6.10 Å². The third-order valence-corrected chi connectivity index (χ3v) is 3.10. The molecule has 0 saturated carbocycles. The highest BCUT2D eigenvalue weighted by atomic mass is 16.5. The molecule has 1 unspecified atom stereocenters. The summed E-state index contributed by atoms with van der Waals surface area (Å²) in [4.78, 5) is 0. The number of β-amino-alcohol motifs (C(OH)–C–C–N with tert-alkyl or cyclic N) is 1. The summed E-state index contributed by atoms with van der Waals surface area (Å²) in [6.07, 6.45) is -0.550. The van der Waals surface area contributed by atoms with Crippen molar-refractivity contribution in [3.8, 4) is 5.75 Å². The average molecular weight is 281 g/mol. The summed E-state index contributed by atoms with van der Waals surface area (Å²) in [5, 5.41) is 13.2. The fourth-order valence-corrected chi connectivity index (χ4v) is 1.91. The van der Waals surface area contributed by atoms with E-state index in [2.05, 4.69) is 5.32 Å². The van der Waals surface area contributed by atoms with Crippen LogP contribution in [0.1, 0.15) is 25.0 Å². The van der Waals surface area contributed by atoms with E-state index in [0.29, 0.717) is 13.2 Å². The molecule has 1 aromatic rings. The van der Waals surface area contributed by atoms with Crippen molar-refractivity contribution in [2.75, 3.05) is 26.9 Å². The predicted octanol–water partition coefficient (Wildman–Crippen LogP) is 2.06. The standard InChI is InChI=1S/C16H27NO3/c1-12-6-7-13(2)15(8-12)20-10-14(18)9-17-16(3,4)11-19-5/h6-8,14,17-18H,9-11H2,1-5H3. The van der Waals surface area contributed by atoms with Gasteiger partial charge in [0.25, 0.3) is 0 Å². The van der Waals surface area contributed by atoms with Crippen LogP contribution in [0, 0.1) is 13.8 Å². The molecule has 0 aliphatic rings. The summed E-state index contributed by atoms with van der Waals surface area (Å²) >= 11 is 0. The number of rotatable bonds is 8. The maximum atomic E-state index is 9.97. The molecule has 0 fully saturated rings. The number of hydrogen-bond acceptors (Lipinski definition) is 4. The van der Waals surface area contributed by atoms with Crippen molar-refractivity contribution in [2.24, 2.45) is 0 Å². The zero-order valence-electron chi connectivity index (χ0n) is 13.2. The monoisotopic (exact) mass is 281 g/mol. The minimum Gasteiger partial charge on any atom is -0.491 e. The van der Waals surface area contributed by atoms with Crippen LogP contribution in [0.5, 0.6) is 5.75 Å². The summed E-state index contributed by atoms with van der Waals surface area (Å²) in [7, 11) is 1.67. The summed E-state index contributed by atoms with van der Waals surface area (Å²) in [6, 6.07) is 6.06. The molecule has 114 valence electrons. The molecule has 0 heterocycles. The first-order valence-corrected chi connectivity index (χ1v) is 6.96. The van der Waals surface area contributed by atoms with Crippen LogP contribution in [0.3, 0.4) is 0 Å². The zero-order chi connectivity index (χ0) is 15.2. The third kappa shape index (κ3) is 5.90.